The maximum absolute atomic E-state index is 6.07. The first kappa shape index (κ1) is 14.4. The molecule has 2 aromatic heterocycles. The molecule has 4 rings (SSSR count). The molecule has 0 atom stereocenters. The number of rotatable bonds is 2. The molecule has 3 nitrogen and oxygen atoms in total. The van der Waals surface area contributed by atoms with E-state index < -0.39 is 0 Å². The predicted molar refractivity (Wildman–Crippen MR) is 93.5 cm³/mol. The van der Waals surface area contributed by atoms with Crippen molar-refractivity contribution in [2.75, 3.05) is 0 Å². The van der Waals surface area contributed by atoms with E-state index >= 15 is 0 Å². The molecule has 0 amide bonds. The fraction of sp³-hybridized carbons (Fsp3) is 0.0556. The zero-order valence-corrected chi connectivity index (χ0v) is 13.8. The monoisotopic (exact) mass is 342 g/mol. The summed E-state index contributed by atoms with van der Waals surface area (Å²) in [6.07, 6.45) is 4.00. The number of aryl methyl sites for hydroxylation is 1. The van der Waals surface area contributed by atoms with Crippen molar-refractivity contribution in [2.45, 2.75) is 6.92 Å². The summed E-state index contributed by atoms with van der Waals surface area (Å²) in [6, 6.07) is 13.3. The van der Waals surface area contributed by atoms with Crippen LogP contribution >= 0.6 is 23.2 Å². The molecular formula is C18H12Cl2N2O. The smallest absolute Gasteiger partial charge is 0.227 e. The topological polar surface area (TPSA) is 31.0 Å². The normalized spacial score (nSPS) is 11.3. The summed E-state index contributed by atoms with van der Waals surface area (Å²) in [7, 11) is 0. The summed E-state index contributed by atoms with van der Waals surface area (Å²) in [6.45, 7) is 2.01. The van der Waals surface area contributed by atoms with E-state index in [0.717, 1.165) is 27.9 Å². The molecule has 0 saturated carbocycles. The average Bonchev–Trinajstić information content (AvgIpc) is 3.15. The van der Waals surface area contributed by atoms with Crippen molar-refractivity contribution in [2.24, 2.45) is 0 Å². The lowest BCUT2D eigenvalue weighted by Gasteiger charge is -2.03. The molecule has 0 spiro atoms. The van der Waals surface area contributed by atoms with Gasteiger partial charge in [0.25, 0.3) is 0 Å². The Morgan fingerprint density at radius 2 is 1.65 bits per heavy atom. The molecule has 5 heteroatoms. The van der Waals surface area contributed by atoms with E-state index in [1.54, 1.807) is 18.2 Å². The quantitative estimate of drug-likeness (QED) is 0.454. The Morgan fingerprint density at radius 1 is 0.957 bits per heavy atom. The van der Waals surface area contributed by atoms with Crippen molar-refractivity contribution in [1.82, 2.24) is 9.55 Å². The van der Waals surface area contributed by atoms with E-state index in [9.17, 15) is 0 Å². The Balaban J connectivity index is 1.89. The van der Waals surface area contributed by atoms with Crippen LogP contribution in [0.25, 0.3) is 28.2 Å². The molecular weight excluding hydrogens is 331 g/mol. The molecule has 2 aromatic carbocycles. The molecule has 0 N–H and O–H groups in total. The van der Waals surface area contributed by atoms with E-state index in [2.05, 4.69) is 11.1 Å². The minimum Gasteiger partial charge on any atom is -0.436 e. The van der Waals surface area contributed by atoms with Crippen LogP contribution in [0.5, 0.6) is 0 Å². The van der Waals surface area contributed by atoms with Gasteiger partial charge < -0.3 is 8.98 Å². The molecule has 0 fully saturated rings. The summed E-state index contributed by atoms with van der Waals surface area (Å²) in [4.78, 5) is 4.60. The highest BCUT2D eigenvalue weighted by molar-refractivity contribution is 6.35. The zero-order valence-electron chi connectivity index (χ0n) is 12.3. The maximum Gasteiger partial charge on any atom is 0.227 e. The van der Waals surface area contributed by atoms with Gasteiger partial charge >= 0.3 is 0 Å². The number of fused-ring (bicyclic) bond motifs is 1. The summed E-state index contributed by atoms with van der Waals surface area (Å²) >= 11 is 12.1. The minimum absolute atomic E-state index is 0.511. The number of hydrogen-bond acceptors (Lipinski definition) is 2. The highest BCUT2D eigenvalue weighted by atomic mass is 35.5. The largest absolute Gasteiger partial charge is 0.436 e. The fourth-order valence-corrected chi connectivity index (χ4v) is 3.16. The number of aromatic nitrogens is 2. The van der Waals surface area contributed by atoms with Gasteiger partial charge in [-0.3, -0.25) is 0 Å². The Labute approximate surface area is 143 Å². The second kappa shape index (κ2) is 5.44. The Bertz CT molecular complexity index is 983. The van der Waals surface area contributed by atoms with Crippen LogP contribution in [0.15, 0.2) is 59.3 Å². The molecule has 0 saturated heterocycles. The minimum atomic E-state index is 0.511. The highest BCUT2D eigenvalue weighted by Crippen LogP contribution is 2.31. The van der Waals surface area contributed by atoms with Gasteiger partial charge in [0.05, 0.1) is 0 Å². The zero-order chi connectivity index (χ0) is 16.0. The van der Waals surface area contributed by atoms with Gasteiger partial charge in [0.1, 0.15) is 5.52 Å². The van der Waals surface area contributed by atoms with Gasteiger partial charge in [0, 0.05) is 33.7 Å². The van der Waals surface area contributed by atoms with Crippen molar-refractivity contribution in [3.8, 4) is 17.1 Å². The molecule has 0 aliphatic rings. The first-order chi connectivity index (χ1) is 11.1. The van der Waals surface area contributed by atoms with E-state index in [-0.39, 0.29) is 0 Å². The molecule has 23 heavy (non-hydrogen) atoms. The molecule has 2 heterocycles. The Hall–Kier alpha value is -2.23. The van der Waals surface area contributed by atoms with Crippen LogP contribution in [0, 0.1) is 6.92 Å². The third kappa shape index (κ3) is 2.62. The molecule has 4 aromatic rings. The van der Waals surface area contributed by atoms with E-state index in [4.69, 9.17) is 27.6 Å². The van der Waals surface area contributed by atoms with Crippen molar-refractivity contribution in [3.05, 3.63) is 70.5 Å². The van der Waals surface area contributed by atoms with Crippen LogP contribution < -0.4 is 0 Å². The van der Waals surface area contributed by atoms with Crippen molar-refractivity contribution >= 4 is 34.3 Å². The van der Waals surface area contributed by atoms with Gasteiger partial charge in [0.2, 0.25) is 5.89 Å². The summed E-state index contributed by atoms with van der Waals surface area (Å²) < 4.78 is 7.97. The van der Waals surface area contributed by atoms with E-state index in [0.29, 0.717) is 15.9 Å². The molecule has 0 radical (unpaired) electrons. The first-order valence-corrected chi connectivity index (χ1v) is 7.87. The van der Waals surface area contributed by atoms with Crippen LogP contribution in [-0.4, -0.2) is 9.55 Å². The number of oxazole rings is 1. The summed E-state index contributed by atoms with van der Waals surface area (Å²) in [5.41, 5.74) is 4.41. The number of nitrogens with zero attached hydrogens (tertiary/aromatic N) is 2. The van der Waals surface area contributed by atoms with Gasteiger partial charge in [0.15, 0.2) is 5.58 Å². The van der Waals surface area contributed by atoms with E-state index in [1.807, 2.05) is 42.1 Å². The average molecular weight is 343 g/mol. The lowest BCUT2D eigenvalue weighted by molar-refractivity contribution is 0.617. The number of halogens is 2. The lowest BCUT2D eigenvalue weighted by Crippen LogP contribution is -1.90. The van der Waals surface area contributed by atoms with Crippen molar-refractivity contribution < 1.29 is 4.42 Å². The Kier molecular flexibility index (Phi) is 3.40. The van der Waals surface area contributed by atoms with Crippen LogP contribution in [-0.2, 0) is 0 Å². The number of benzene rings is 2. The van der Waals surface area contributed by atoms with Crippen LogP contribution in [0.2, 0.25) is 10.0 Å². The first-order valence-electron chi connectivity index (χ1n) is 7.11. The van der Waals surface area contributed by atoms with E-state index in [1.165, 1.54) is 0 Å². The van der Waals surface area contributed by atoms with Gasteiger partial charge in [-0.15, -0.1) is 0 Å². The van der Waals surface area contributed by atoms with Gasteiger partial charge in [-0.1, -0.05) is 23.2 Å². The van der Waals surface area contributed by atoms with Gasteiger partial charge in [-0.2, -0.15) is 0 Å². The third-order valence-corrected chi connectivity index (χ3v) is 4.11. The van der Waals surface area contributed by atoms with Crippen LogP contribution in [0.1, 0.15) is 5.56 Å². The molecule has 114 valence electrons. The predicted octanol–water partition coefficient (Wildman–Crippen LogP) is 5.90. The van der Waals surface area contributed by atoms with Gasteiger partial charge in [-0.25, -0.2) is 4.98 Å². The Morgan fingerprint density at radius 3 is 2.35 bits per heavy atom. The molecule has 0 aliphatic heterocycles. The molecule has 0 bridgehead atoms. The lowest BCUT2D eigenvalue weighted by atomic mass is 10.2. The molecule has 0 aliphatic carbocycles. The van der Waals surface area contributed by atoms with Crippen LogP contribution in [0.3, 0.4) is 0 Å². The fourth-order valence-electron chi connectivity index (χ4n) is 2.64. The standard InChI is InChI=1S/C18H12Cl2N2O/c1-11-6-15(22-4-2-3-5-22)10-16-17(11)23-18(21-16)12-7-13(19)9-14(20)8-12/h2-10H,1H3. The second-order valence-electron chi connectivity index (χ2n) is 5.38. The van der Waals surface area contributed by atoms with Gasteiger partial charge in [-0.05, 0) is 55.0 Å². The van der Waals surface area contributed by atoms with Crippen molar-refractivity contribution in [3.63, 3.8) is 0 Å². The number of hydrogen-bond donors (Lipinski definition) is 0. The second-order valence-corrected chi connectivity index (χ2v) is 6.25. The van der Waals surface area contributed by atoms with Crippen molar-refractivity contribution in [1.29, 1.82) is 0 Å². The highest BCUT2D eigenvalue weighted by Gasteiger charge is 2.13. The van der Waals surface area contributed by atoms with Crippen LogP contribution in [0.4, 0.5) is 0 Å². The summed E-state index contributed by atoms with van der Waals surface area (Å²) in [5, 5.41) is 1.11. The molecule has 0 unspecified atom stereocenters. The maximum atomic E-state index is 6.07. The summed E-state index contributed by atoms with van der Waals surface area (Å²) in [5.74, 6) is 0.511. The SMILES string of the molecule is Cc1cc(-n2cccc2)cc2nc(-c3cc(Cl)cc(Cl)c3)oc12. The third-order valence-electron chi connectivity index (χ3n) is 3.67.